The molecule has 2 aliphatic rings. The maximum Gasteiger partial charge on any atom is 0.241 e. The lowest BCUT2D eigenvalue weighted by atomic mass is 9.99. The van der Waals surface area contributed by atoms with Crippen LogP contribution in [0, 0.1) is 0 Å². The molecule has 2 atom stereocenters. The number of ether oxygens (including phenoxy) is 3. The lowest BCUT2D eigenvalue weighted by molar-refractivity contribution is -0.133. The van der Waals surface area contributed by atoms with Gasteiger partial charge in [0, 0.05) is 11.4 Å². The molecule has 2 unspecified atom stereocenters. The van der Waals surface area contributed by atoms with Crippen molar-refractivity contribution >= 4 is 17.7 Å². The number of hydrogen-bond donors (Lipinski definition) is 0. The molecule has 0 fully saturated rings. The van der Waals surface area contributed by atoms with Crippen LogP contribution < -0.4 is 14.2 Å². The summed E-state index contributed by atoms with van der Waals surface area (Å²) in [4.78, 5) is 17.4. The topological polar surface area (TPSA) is 48.0 Å². The number of hydrogen-bond acceptors (Lipinski definition) is 5. The molecular formula is C29H29NO4S. The van der Waals surface area contributed by atoms with E-state index in [4.69, 9.17) is 14.2 Å². The van der Waals surface area contributed by atoms with Crippen molar-refractivity contribution < 1.29 is 19.0 Å². The highest BCUT2D eigenvalue weighted by atomic mass is 32.2. The first-order valence-electron chi connectivity index (χ1n) is 11.9. The molecule has 0 bridgehead atoms. The third-order valence-corrected chi connectivity index (χ3v) is 7.60. The first kappa shape index (κ1) is 23.4. The number of fused-ring (bicyclic) bond motifs is 1. The van der Waals surface area contributed by atoms with Gasteiger partial charge in [-0.2, -0.15) is 0 Å². The second-order valence-corrected chi connectivity index (χ2v) is 9.84. The average Bonchev–Trinajstić information content (AvgIpc) is 3.39. The summed E-state index contributed by atoms with van der Waals surface area (Å²) in [7, 11) is 1.66. The standard InChI is InChI=1S/C29H29NO4S/c1-32-24-15-12-21(13-16-24)19-30(23-8-4-2-5-9-23)29(31)28(35-25-10-6-3-7-11-25)22-14-17-26-27(18-22)34-20-33-26/h3-4,6-8,10-18,23,28H,2,5,9,19-20H2,1H3. The normalized spacial score (nSPS) is 17.1. The Balaban J connectivity index is 1.50. The number of thioether (sulfide) groups is 1. The molecule has 3 aromatic rings. The number of methoxy groups -OCH3 is 1. The monoisotopic (exact) mass is 487 g/mol. The molecule has 0 saturated heterocycles. The quantitative estimate of drug-likeness (QED) is 0.272. The SMILES string of the molecule is COc1ccc(CN(C(=O)C(Sc2ccccc2)c2ccc3c(c2)OCO3)C2C=CCCC2)cc1. The lowest BCUT2D eigenvalue weighted by Crippen LogP contribution is -2.41. The van der Waals surface area contributed by atoms with Gasteiger partial charge in [0.1, 0.15) is 11.0 Å². The van der Waals surface area contributed by atoms with Crippen LogP contribution in [-0.4, -0.2) is 30.8 Å². The smallest absolute Gasteiger partial charge is 0.241 e. The predicted octanol–water partition coefficient (Wildman–Crippen LogP) is 6.39. The van der Waals surface area contributed by atoms with Crippen molar-refractivity contribution in [3.05, 3.63) is 96.1 Å². The highest BCUT2D eigenvalue weighted by molar-refractivity contribution is 8.00. The number of carbonyl (C=O) groups excluding carboxylic acids is 1. The third-order valence-electron chi connectivity index (χ3n) is 6.35. The van der Waals surface area contributed by atoms with Gasteiger partial charge in [-0.15, -0.1) is 11.8 Å². The van der Waals surface area contributed by atoms with Gasteiger partial charge < -0.3 is 19.1 Å². The fourth-order valence-electron chi connectivity index (χ4n) is 4.46. The minimum atomic E-state index is -0.416. The number of allylic oxidation sites excluding steroid dienone is 1. The van der Waals surface area contributed by atoms with Gasteiger partial charge in [-0.3, -0.25) is 4.79 Å². The molecule has 180 valence electrons. The zero-order valence-electron chi connectivity index (χ0n) is 19.8. The molecule has 1 aliphatic carbocycles. The Hall–Kier alpha value is -3.38. The van der Waals surface area contributed by atoms with Crippen LogP contribution in [0.3, 0.4) is 0 Å². The molecule has 0 aromatic heterocycles. The number of benzene rings is 3. The van der Waals surface area contributed by atoms with E-state index < -0.39 is 5.25 Å². The van der Waals surface area contributed by atoms with Crippen molar-refractivity contribution in [2.75, 3.05) is 13.9 Å². The molecular weight excluding hydrogens is 458 g/mol. The fraction of sp³-hybridized carbons (Fsp3) is 0.276. The highest BCUT2D eigenvalue weighted by Gasteiger charge is 2.32. The van der Waals surface area contributed by atoms with E-state index in [2.05, 4.69) is 12.2 Å². The summed E-state index contributed by atoms with van der Waals surface area (Å²) in [5, 5.41) is -0.416. The Morgan fingerprint density at radius 1 is 1.06 bits per heavy atom. The Labute approximate surface area is 210 Å². The molecule has 0 spiro atoms. The molecule has 6 heteroatoms. The molecule has 5 rings (SSSR count). The van der Waals surface area contributed by atoms with Crippen molar-refractivity contribution in [1.29, 1.82) is 0 Å². The van der Waals surface area contributed by atoms with Crippen molar-refractivity contribution in [2.45, 2.75) is 42.0 Å². The summed E-state index contributed by atoms with van der Waals surface area (Å²) in [5.41, 5.74) is 1.99. The van der Waals surface area contributed by atoms with Crippen LogP contribution in [0.1, 0.15) is 35.6 Å². The molecule has 0 N–H and O–H groups in total. The van der Waals surface area contributed by atoms with Gasteiger partial charge in [-0.05, 0) is 66.8 Å². The largest absolute Gasteiger partial charge is 0.497 e. The first-order valence-corrected chi connectivity index (χ1v) is 12.8. The third kappa shape index (κ3) is 5.49. The Morgan fingerprint density at radius 3 is 2.60 bits per heavy atom. The van der Waals surface area contributed by atoms with E-state index in [0.717, 1.165) is 46.8 Å². The molecule has 35 heavy (non-hydrogen) atoms. The van der Waals surface area contributed by atoms with E-state index in [0.29, 0.717) is 12.3 Å². The molecule has 1 aliphatic heterocycles. The summed E-state index contributed by atoms with van der Waals surface area (Å²) in [6.07, 6.45) is 7.49. The van der Waals surface area contributed by atoms with E-state index in [-0.39, 0.29) is 18.7 Å². The van der Waals surface area contributed by atoms with Crippen LogP contribution >= 0.6 is 11.8 Å². The molecule has 3 aromatic carbocycles. The van der Waals surface area contributed by atoms with Crippen LogP contribution in [0.5, 0.6) is 17.2 Å². The highest BCUT2D eigenvalue weighted by Crippen LogP contribution is 2.42. The van der Waals surface area contributed by atoms with Gasteiger partial charge >= 0.3 is 0 Å². The van der Waals surface area contributed by atoms with Crippen LogP contribution in [-0.2, 0) is 11.3 Å². The second-order valence-electron chi connectivity index (χ2n) is 8.66. The van der Waals surface area contributed by atoms with Crippen molar-refractivity contribution in [3.8, 4) is 17.2 Å². The Morgan fingerprint density at radius 2 is 1.86 bits per heavy atom. The number of nitrogens with zero attached hydrogens (tertiary/aromatic N) is 1. The van der Waals surface area contributed by atoms with E-state index >= 15 is 0 Å². The van der Waals surface area contributed by atoms with Gasteiger partial charge in [0.2, 0.25) is 12.7 Å². The molecule has 0 saturated carbocycles. The molecule has 1 heterocycles. The van der Waals surface area contributed by atoms with Crippen LogP contribution in [0.2, 0.25) is 0 Å². The summed E-state index contributed by atoms with van der Waals surface area (Å²) in [6.45, 7) is 0.744. The molecule has 1 amide bonds. The van der Waals surface area contributed by atoms with Gasteiger partial charge in [0.15, 0.2) is 11.5 Å². The first-order chi connectivity index (χ1) is 17.2. The summed E-state index contributed by atoms with van der Waals surface area (Å²) in [5.74, 6) is 2.30. The minimum absolute atomic E-state index is 0.0613. The summed E-state index contributed by atoms with van der Waals surface area (Å²) >= 11 is 1.57. The average molecular weight is 488 g/mol. The van der Waals surface area contributed by atoms with Gasteiger partial charge in [-0.1, -0.05) is 48.6 Å². The number of rotatable bonds is 8. The van der Waals surface area contributed by atoms with E-state index in [1.807, 2.05) is 77.7 Å². The number of amides is 1. The maximum absolute atomic E-state index is 14.3. The van der Waals surface area contributed by atoms with Crippen molar-refractivity contribution in [1.82, 2.24) is 4.90 Å². The van der Waals surface area contributed by atoms with Crippen molar-refractivity contribution in [2.24, 2.45) is 0 Å². The Bertz CT molecular complexity index is 1180. The van der Waals surface area contributed by atoms with Crippen molar-refractivity contribution in [3.63, 3.8) is 0 Å². The fourth-order valence-corrected chi connectivity index (χ4v) is 5.57. The van der Waals surface area contributed by atoms with Gasteiger partial charge in [-0.25, -0.2) is 0 Å². The lowest BCUT2D eigenvalue weighted by Gasteiger charge is -2.34. The minimum Gasteiger partial charge on any atom is -0.497 e. The van der Waals surface area contributed by atoms with Gasteiger partial charge in [0.25, 0.3) is 0 Å². The van der Waals surface area contributed by atoms with E-state index in [9.17, 15) is 4.79 Å². The van der Waals surface area contributed by atoms with E-state index in [1.165, 1.54) is 0 Å². The second kappa shape index (κ2) is 10.9. The Kier molecular flexibility index (Phi) is 7.28. The zero-order chi connectivity index (χ0) is 24.0. The number of carbonyl (C=O) groups is 1. The predicted molar refractivity (Wildman–Crippen MR) is 138 cm³/mol. The van der Waals surface area contributed by atoms with Gasteiger partial charge in [0.05, 0.1) is 13.2 Å². The summed E-state index contributed by atoms with van der Waals surface area (Å²) in [6, 6.07) is 23.9. The van der Waals surface area contributed by atoms with Crippen LogP contribution in [0.25, 0.3) is 0 Å². The van der Waals surface area contributed by atoms with Crippen LogP contribution in [0.4, 0.5) is 0 Å². The maximum atomic E-state index is 14.3. The summed E-state index contributed by atoms with van der Waals surface area (Å²) < 4.78 is 16.5. The van der Waals surface area contributed by atoms with Crippen LogP contribution in [0.15, 0.2) is 89.8 Å². The van der Waals surface area contributed by atoms with E-state index in [1.54, 1.807) is 18.9 Å². The molecule has 5 nitrogen and oxygen atoms in total. The zero-order valence-corrected chi connectivity index (χ0v) is 20.6. The molecule has 0 radical (unpaired) electrons.